The number of amides is 1. The van der Waals surface area contributed by atoms with Crippen LogP contribution in [0, 0.1) is 29.6 Å². The molecule has 91 heavy (non-hydrogen) atoms. The molecular weight excluding hydrogens is 1170 g/mol. The van der Waals surface area contributed by atoms with E-state index in [4.69, 9.17) is 16.6 Å². The minimum Gasteiger partial charge on any atom is -0.369 e. The van der Waals surface area contributed by atoms with Gasteiger partial charge < -0.3 is 51.5 Å². The normalized spacial score (nSPS) is 30.7. The molecule has 11 atom stereocenters. The number of nitrogens with one attached hydrogen (secondary N) is 6. The van der Waals surface area contributed by atoms with Gasteiger partial charge in [-0.2, -0.15) is 13.2 Å². The molecule has 7 aliphatic rings. The molecule has 6 N–H and O–H groups in total. The van der Waals surface area contributed by atoms with Crippen molar-refractivity contribution in [2.24, 2.45) is 34.6 Å². The van der Waals surface area contributed by atoms with E-state index >= 15 is 0 Å². The highest BCUT2D eigenvalue weighted by molar-refractivity contribution is 6.31. The van der Waals surface area contributed by atoms with Gasteiger partial charge in [0.05, 0.1) is 23.0 Å². The molecule has 3 aliphatic carbocycles. The van der Waals surface area contributed by atoms with Gasteiger partial charge >= 0.3 is 6.18 Å². The molecule has 8 rings (SSSR count). The van der Waals surface area contributed by atoms with Crippen molar-refractivity contribution in [1.82, 2.24) is 56.4 Å². The summed E-state index contributed by atoms with van der Waals surface area (Å²) in [7, 11) is 4.33. The van der Waals surface area contributed by atoms with Gasteiger partial charge in [0.1, 0.15) is 0 Å². The summed E-state index contributed by atoms with van der Waals surface area (Å²) in [6.45, 7) is 28.3. The summed E-state index contributed by atoms with van der Waals surface area (Å²) in [5.74, 6) is 2.57. The number of aryl methyl sites for hydroxylation is 1. The van der Waals surface area contributed by atoms with E-state index in [1.165, 1.54) is 101 Å². The Morgan fingerprint density at radius 3 is 2.22 bits per heavy atom. The summed E-state index contributed by atoms with van der Waals surface area (Å²) >= 11 is 6.22. The van der Waals surface area contributed by atoms with Crippen molar-refractivity contribution in [3.63, 3.8) is 0 Å². The van der Waals surface area contributed by atoms with Crippen LogP contribution in [0.15, 0.2) is 71.2 Å². The van der Waals surface area contributed by atoms with Crippen LogP contribution < -0.4 is 31.9 Å². The Balaban J connectivity index is 1.09. The second-order valence-electron chi connectivity index (χ2n) is 29.9. The highest BCUT2D eigenvalue weighted by Crippen LogP contribution is 2.44. The summed E-state index contributed by atoms with van der Waals surface area (Å²) in [6.07, 6.45) is 34.0. The number of piperidine rings is 1. The number of halogens is 4. The van der Waals surface area contributed by atoms with Gasteiger partial charge in [-0.05, 0) is 166 Å². The molecular formula is C74H124ClF3N12O. The van der Waals surface area contributed by atoms with Gasteiger partial charge in [0.2, 0.25) is 5.91 Å². The predicted octanol–water partition coefficient (Wildman–Crippen LogP) is 13.8. The van der Waals surface area contributed by atoms with Crippen LogP contribution in [0.4, 0.5) is 13.2 Å². The molecule has 4 aliphatic heterocycles. The van der Waals surface area contributed by atoms with Crippen molar-refractivity contribution in [3.8, 4) is 0 Å². The lowest BCUT2D eigenvalue weighted by atomic mass is 9.74. The van der Waals surface area contributed by atoms with Crippen molar-refractivity contribution in [1.29, 1.82) is 0 Å². The van der Waals surface area contributed by atoms with Crippen molar-refractivity contribution in [2.75, 3.05) is 66.5 Å². The fourth-order valence-corrected chi connectivity index (χ4v) is 17.2. The van der Waals surface area contributed by atoms with E-state index in [1.54, 1.807) is 0 Å². The largest absolute Gasteiger partial charge is 0.417 e. The first kappa shape index (κ1) is 73.2. The first-order valence-electron chi connectivity index (χ1n) is 36.5. The lowest BCUT2D eigenvalue weighted by molar-refractivity contribution is -0.162. The summed E-state index contributed by atoms with van der Waals surface area (Å²) in [5.41, 5.74) is 3.47. The first-order chi connectivity index (χ1) is 43.6. The van der Waals surface area contributed by atoms with Gasteiger partial charge in [-0.1, -0.05) is 110 Å². The molecule has 1 aromatic rings. The maximum Gasteiger partial charge on any atom is 0.417 e. The van der Waals surface area contributed by atoms with E-state index in [0.29, 0.717) is 61.0 Å². The molecule has 17 heteroatoms. The van der Waals surface area contributed by atoms with E-state index in [2.05, 4.69) is 151 Å². The lowest BCUT2D eigenvalue weighted by Crippen LogP contribution is -2.76. The number of rotatable bonds is 11. The van der Waals surface area contributed by atoms with Gasteiger partial charge in [-0.3, -0.25) is 14.7 Å². The van der Waals surface area contributed by atoms with Crippen molar-refractivity contribution in [3.05, 3.63) is 82.3 Å². The molecule has 3 saturated carbocycles. The van der Waals surface area contributed by atoms with Gasteiger partial charge in [0.25, 0.3) is 0 Å². The van der Waals surface area contributed by atoms with Crippen LogP contribution in [0.25, 0.3) is 0 Å². The van der Waals surface area contributed by atoms with Gasteiger partial charge in [-0.15, -0.1) is 0 Å². The minimum atomic E-state index is -4.51. The average molecular weight is 1290 g/mol. The Morgan fingerprint density at radius 1 is 0.813 bits per heavy atom. The second-order valence-corrected chi connectivity index (χ2v) is 30.3. The zero-order valence-corrected chi connectivity index (χ0v) is 59.1. The predicted molar refractivity (Wildman–Crippen MR) is 373 cm³/mol. The van der Waals surface area contributed by atoms with Crippen LogP contribution in [0.3, 0.4) is 0 Å². The Bertz CT molecular complexity index is 2530. The zero-order valence-electron chi connectivity index (χ0n) is 58.3. The smallest absolute Gasteiger partial charge is 0.369 e. The number of likely N-dealkylation sites (tertiary alicyclic amines) is 1. The van der Waals surface area contributed by atoms with Gasteiger partial charge in [0, 0.05) is 168 Å². The highest BCUT2D eigenvalue weighted by Gasteiger charge is 2.56. The zero-order chi connectivity index (χ0) is 65.2. The minimum absolute atomic E-state index is 0.0308. The lowest BCUT2D eigenvalue weighted by Gasteiger charge is -2.60. The second kappa shape index (κ2) is 35.4. The summed E-state index contributed by atoms with van der Waals surface area (Å²) in [6, 6.07) is 6.21. The molecule has 6 fully saturated rings. The van der Waals surface area contributed by atoms with E-state index in [-0.39, 0.29) is 58.8 Å². The Morgan fingerprint density at radius 2 is 1.53 bits per heavy atom. The molecule has 1 aromatic carbocycles. The third-order valence-corrected chi connectivity index (χ3v) is 22.9. The Labute approximate surface area is 554 Å². The number of hydrogen-bond donors (Lipinski definition) is 6. The van der Waals surface area contributed by atoms with E-state index in [1.807, 2.05) is 18.5 Å². The van der Waals surface area contributed by atoms with Crippen molar-refractivity contribution in [2.45, 2.75) is 276 Å². The molecule has 0 bridgehead atoms. The third-order valence-electron chi connectivity index (χ3n) is 22.6. The topological polar surface area (TPSA) is 118 Å². The molecule has 1 spiro atoms. The van der Waals surface area contributed by atoms with Crippen molar-refractivity contribution < 1.29 is 18.0 Å². The maximum absolute atomic E-state index is 15.0. The number of hydrogen-bond acceptors (Lipinski definition) is 12. The van der Waals surface area contributed by atoms with Crippen LogP contribution in [-0.2, 0) is 17.4 Å². The fourth-order valence-electron chi connectivity index (χ4n) is 16.9. The number of fused-ring (bicyclic) bond motifs is 2. The number of allylic oxidation sites excluding steroid dienone is 4. The number of alkyl halides is 3. The van der Waals surface area contributed by atoms with E-state index < -0.39 is 11.7 Å². The van der Waals surface area contributed by atoms with E-state index in [0.717, 1.165) is 121 Å². The number of nitrogens with zero attached hydrogens (tertiary/aromatic N) is 6. The monoisotopic (exact) mass is 1290 g/mol. The SMILES string of the molecule is CC[C@H](C)[C@H]1CN[C@@H](CC(C)C)C(C)NCC2[C@@H](C(=O)N3CCCCC3)C(C)N2[C@@H](C2CCCC2)C(C)NC2(CCCC2)CNCCN=CC=C(CCc2ccc(C(F)(F)F)c(Cl)c2)NC=CN(C)C=C(CC2CCCCC2)N(C)C=C2CCCN2[C@@H](C)C(C)N1. The van der Waals surface area contributed by atoms with Crippen LogP contribution in [0.5, 0.6) is 0 Å². The molecule has 0 aromatic heterocycles. The molecule has 0 radical (unpaired) electrons. The maximum atomic E-state index is 15.0. The molecule has 1 amide bonds. The number of carbonyl (C=O) groups excluding carboxylic acids is 1. The summed E-state index contributed by atoms with van der Waals surface area (Å²) < 4.78 is 41.1. The van der Waals surface area contributed by atoms with Crippen LogP contribution in [0.1, 0.15) is 215 Å². The molecule has 13 nitrogen and oxygen atoms in total. The standard InChI is InChI=1S/C74H124ClF3N12O/c1-12-53(4)68-47-83-67(44-52(2)3)55(6)82-48-69-70(72(91)88-40-21-14-22-41-88)58(9)90(69)71(61-26-17-18-27-61)56(7)85-73(34-19-20-35-73)51-80-38-37-79-36-33-62(31-29-60-30-32-65(66(75)46-60)74(76,77)78)81-39-43-86(10)49-64(45-59-24-15-13-16-25-59)87(11)50-63-28-23-42-89(63)57(8)54(5)84-68/h30,32-33,36,39,43,46,49-50,52-59,61,67-71,80-85H,12-29,31,34-35,37-38,40-42,44-45,47-48,51H2,1-11H3/t53-,54?,55?,56?,57-,58?,67-,68+,69?,70-,71+/m0/s1. The molecule has 514 valence electrons. The molecule has 5 unspecified atom stereocenters. The fraction of sp³-hybridized carbons (Fsp3) is 0.784. The number of carbonyl (C=O) groups is 1. The average Bonchev–Trinajstić information content (AvgIpc) is 1.50. The number of aliphatic imine (C=N–C) groups is 1. The van der Waals surface area contributed by atoms with E-state index in [9.17, 15) is 18.0 Å². The number of benzene rings is 1. The Hall–Kier alpha value is -3.64. The first-order valence-corrected chi connectivity index (χ1v) is 36.9. The van der Waals surface area contributed by atoms with Gasteiger partial charge in [0.15, 0.2) is 0 Å². The third kappa shape index (κ3) is 20.7. The van der Waals surface area contributed by atoms with Gasteiger partial charge in [-0.25, -0.2) is 0 Å². The summed E-state index contributed by atoms with van der Waals surface area (Å²) in [4.78, 5) is 32.1. The van der Waals surface area contributed by atoms with Crippen LogP contribution in [0.2, 0.25) is 5.02 Å². The van der Waals surface area contributed by atoms with Crippen LogP contribution >= 0.6 is 11.6 Å². The quantitative estimate of drug-likeness (QED) is 0.127. The van der Waals surface area contributed by atoms with Crippen molar-refractivity contribution >= 4 is 23.7 Å². The summed E-state index contributed by atoms with van der Waals surface area (Å²) in [5, 5.41) is 24.2. The Kier molecular flexibility index (Phi) is 28.5. The highest BCUT2D eigenvalue weighted by atomic mass is 35.5. The molecule has 3 saturated heterocycles. The van der Waals surface area contributed by atoms with Crippen LogP contribution in [-0.4, -0.2) is 163 Å². The molecule has 4 heterocycles.